The standard InChI is InChI=1S/C28H58S/c1-3-4-5-6-7-8-9-10-11-12-13-14-15-16-17-18-19-20-21-22-23-24-25-26-27-28(2)29/h28-29H,3-27H2,1-2H3. The fourth-order valence-electron chi connectivity index (χ4n) is 4.40. The van der Waals surface area contributed by atoms with Crippen LogP contribution in [0.2, 0.25) is 0 Å². The second kappa shape index (κ2) is 26.4. The quantitative estimate of drug-likeness (QED) is 0.109. The van der Waals surface area contributed by atoms with Gasteiger partial charge in [0.2, 0.25) is 0 Å². The fraction of sp³-hybridized carbons (Fsp3) is 1.00. The molecule has 0 bridgehead atoms. The van der Waals surface area contributed by atoms with Crippen LogP contribution in [0.25, 0.3) is 0 Å². The van der Waals surface area contributed by atoms with Gasteiger partial charge in [-0.05, 0) is 11.7 Å². The summed E-state index contributed by atoms with van der Waals surface area (Å²) in [6, 6.07) is 0. The van der Waals surface area contributed by atoms with Crippen LogP contribution in [0.1, 0.15) is 174 Å². The zero-order chi connectivity index (χ0) is 21.3. The van der Waals surface area contributed by atoms with E-state index in [-0.39, 0.29) is 0 Å². The summed E-state index contributed by atoms with van der Waals surface area (Å²) in [6.07, 6.45) is 36.5. The molecule has 0 heterocycles. The van der Waals surface area contributed by atoms with E-state index < -0.39 is 0 Å². The van der Waals surface area contributed by atoms with Gasteiger partial charge in [-0.3, -0.25) is 0 Å². The number of thiol groups is 1. The van der Waals surface area contributed by atoms with Gasteiger partial charge in [0, 0.05) is 0 Å². The molecule has 0 saturated heterocycles. The van der Waals surface area contributed by atoms with Crippen LogP contribution in [0.4, 0.5) is 0 Å². The van der Waals surface area contributed by atoms with Crippen molar-refractivity contribution in [2.45, 2.75) is 180 Å². The van der Waals surface area contributed by atoms with Crippen LogP contribution in [0, 0.1) is 0 Å². The Hall–Kier alpha value is 0.350. The first kappa shape index (κ1) is 29.4. The predicted molar refractivity (Wildman–Crippen MR) is 140 cm³/mol. The Morgan fingerprint density at radius 3 is 0.793 bits per heavy atom. The minimum atomic E-state index is 0.592. The van der Waals surface area contributed by atoms with Gasteiger partial charge in [-0.2, -0.15) is 12.6 Å². The van der Waals surface area contributed by atoms with Crippen LogP contribution in [-0.4, -0.2) is 5.25 Å². The summed E-state index contributed by atoms with van der Waals surface area (Å²) in [5.74, 6) is 0. The summed E-state index contributed by atoms with van der Waals surface area (Å²) in [4.78, 5) is 0. The largest absolute Gasteiger partial charge is 0.176 e. The summed E-state index contributed by atoms with van der Waals surface area (Å²) < 4.78 is 0. The van der Waals surface area contributed by atoms with Crippen molar-refractivity contribution in [2.75, 3.05) is 0 Å². The molecule has 0 fully saturated rings. The molecular formula is C28H58S. The molecule has 0 rings (SSSR count). The molecule has 0 aliphatic heterocycles. The molecule has 0 saturated carbocycles. The Labute approximate surface area is 192 Å². The molecule has 1 heteroatoms. The van der Waals surface area contributed by atoms with Crippen molar-refractivity contribution in [3.63, 3.8) is 0 Å². The molecule has 0 nitrogen and oxygen atoms in total. The van der Waals surface area contributed by atoms with Gasteiger partial charge in [-0.1, -0.05) is 168 Å². The molecule has 0 amide bonds. The van der Waals surface area contributed by atoms with Crippen molar-refractivity contribution >= 4 is 12.6 Å². The zero-order valence-electron chi connectivity index (χ0n) is 20.7. The lowest BCUT2D eigenvalue weighted by atomic mass is 10.0. The van der Waals surface area contributed by atoms with Gasteiger partial charge in [0.15, 0.2) is 0 Å². The summed E-state index contributed by atoms with van der Waals surface area (Å²) >= 11 is 4.45. The van der Waals surface area contributed by atoms with Gasteiger partial charge < -0.3 is 0 Å². The molecule has 0 N–H and O–H groups in total. The van der Waals surface area contributed by atoms with E-state index in [1.54, 1.807) is 0 Å². The maximum Gasteiger partial charge on any atom is -0.00116 e. The minimum absolute atomic E-state index is 0.592. The van der Waals surface area contributed by atoms with E-state index in [0.29, 0.717) is 5.25 Å². The fourth-order valence-corrected chi connectivity index (χ4v) is 4.58. The van der Waals surface area contributed by atoms with Gasteiger partial charge in [0.1, 0.15) is 0 Å². The summed E-state index contributed by atoms with van der Waals surface area (Å²) in [7, 11) is 0. The third kappa shape index (κ3) is 28.4. The van der Waals surface area contributed by atoms with Crippen LogP contribution >= 0.6 is 12.6 Å². The number of hydrogen-bond acceptors (Lipinski definition) is 1. The lowest BCUT2D eigenvalue weighted by Gasteiger charge is -2.05. The third-order valence-corrected chi connectivity index (χ3v) is 6.73. The number of rotatable bonds is 25. The third-order valence-electron chi connectivity index (χ3n) is 6.48. The molecule has 0 aliphatic carbocycles. The molecule has 0 aromatic carbocycles. The van der Waals surface area contributed by atoms with E-state index in [2.05, 4.69) is 26.5 Å². The molecular weight excluding hydrogens is 368 g/mol. The molecule has 1 unspecified atom stereocenters. The minimum Gasteiger partial charge on any atom is -0.176 e. The van der Waals surface area contributed by atoms with Gasteiger partial charge in [-0.15, -0.1) is 0 Å². The highest BCUT2D eigenvalue weighted by Gasteiger charge is 1.97. The van der Waals surface area contributed by atoms with Crippen molar-refractivity contribution in [3.8, 4) is 0 Å². The first-order chi connectivity index (χ1) is 14.3. The van der Waals surface area contributed by atoms with E-state index in [4.69, 9.17) is 0 Å². The maximum atomic E-state index is 4.45. The van der Waals surface area contributed by atoms with Crippen molar-refractivity contribution in [1.29, 1.82) is 0 Å². The van der Waals surface area contributed by atoms with Crippen LogP contribution < -0.4 is 0 Å². The molecule has 0 aromatic heterocycles. The van der Waals surface area contributed by atoms with E-state index in [0.717, 1.165) is 0 Å². The molecule has 29 heavy (non-hydrogen) atoms. The van der Waals surface area contributed by atoms with Crippen molar-refractivity contribution in [3.05, 3.63) is 0 Å². The Morgan fingerprint density at radius 2 is 0.586 bits per heavy atom. The van der Waals surface area contributed by atoms with E-state index in [9.17, 15) is 0 Å². The zero-order valence-corrected chi connectivity index (χ0v) is 21.6. The summed E-state index contributed by atoms with van der Waals surface area (Å²) in [6.45, 7) is 4.51. The highest BCUT2D eigenvalue weighted by atomic mass is 32.1. The highest BCUT2D eigenvalue weighted by Crippen LogP contribution is 2.16. The lowest BCUT2D eigenvalue weighted by molar-refractivity contribution is 0.516. The normalized spacial score (nSPS) is 12.5. The predicted octanol–water partition coefficient (Wildman–Crippen LogP) is 11.1. The van der Waals surface area contributed by atoms with E-state index in [1.165, 1.54) is 161 Å². The van der Waals surface area contributed by atoms with Gasteiger partial charge in [-0.25, -0.2) is 0 Å². The Kier molecular flexibility index (Phi) is 26.7. The van der Waals surface area contributed by atoms with Crippen LogP contribution in [-0.2, 0) is 0 Å². The van der Waals surface area contributed by atoms with Crippen molar-refractivity contribution in [2.24, 2.45) is 0 Å². The molecule has 1 atom stereocenters. The van der Waals surface area contributed by atoms with Crippen LogP contribution in [0.3, 0.4) is 0 Å². The SMILES string of the molecule is CCCCCCCCCCCCCCCCCCCCCCCCCCC(C)S. The topological polar surface area (TPSA) is 0 Å². The molecule has 0 spiro atoms. The highest BCUT2D eigenvalue weighted by molar-refractivity contribution is 7.80. The molecule has 176 valence electrons. The Bertz CT molecular complexity index is 273. The van der Waals surface area contributed by atoms with Gasteiger partial charge in [0.25, 0.3) is 0 Å². The van der Waals surface area contributed by atoms with Crippen molar-refractivity contribution < 1.29 is 0 Å². The maximum absolute atomic E-state index is 4.45. The first-order valence-corrected chi connectivity index (χ1v) is 14.5. The van der Waals surface area contributed by atoms with Gasteiger partial charge >= 0.3 is 0 Å². The second-order valence-electron chi connectivity index (χ2n) is 9.77. The monoisotopic (exact) mass is 426 g/mol. The van der Waals surface area contributed by atoms with E-state index >= 15 is 0 Å². The smallest absolute Gasteiger partial charge is 0.00116 e. The Morgan fingerprint density at radius 1 is 0.379 bits per heavy atom. The molecule has 0 aliphatic rings. The lowest BCUT2D eigenvalue weighted by Crippen LogP contribution is -1.90. The summed E-state index contributed by atoms with van der Waals surface area (Å²) in [5, 5.41) is 0.592. The Balaban J connectivity index is 2.98. The van der Waals surface area contributed by atoms with Crippen LogP contribution in [0.5, 0.6) is 0 Å². The number of unbranched alkanes of at least 4 members (excludes halogenated alkanes) is 23. The van der Waals surface area contributed by atoms with Crippen LogP contribution in [0.15, 0.2) is 0 Å². The average molecular weight is 427 g/mol. The molecule has 0 radical (unpaired) electrons. The molecule has 0 aromatic rings. The van der Waals surface area contributed by atoms with Gasteiger partial charge in [0.05, 0.1) is 0 Å². The number of hydrogen-bond donors (Lipinski definition) is 1. The first-order valence-electron chi connectivity index (χ1n) is 14.0. The summed E-state index contributed by atoms with van der Waals surface area (Å²) in [5.41, 5.74) is 0. The second-order valence-corrected chi connectivity index (χ2v) is 10.7. The average Bonchev–Trinajstić information content (AvgIpc) is 2.71. The van der Waals surface area contributed by atoms with E-state index in [1.807, 2.05) is 0 Å². The van der Waals surface area contributed by atoms with Crippen molar-refractivity contribution in [1.82, 2.24) is 0 Å².